The predicted octanol–water partition coefficient (Wildman–Crippen LogP) is 3.83. The van der Waals surface area contributed by atoms with E-state index in [2.05, 4.69) is 20.4 Å². The molecule has 7 nitrogen and oxygen atoms in total. The molecule has 2 aromatic heterocycles. The van der Waals surface area contributed by atoms with Crippen LogP contribution in [0, 0.1) is 0 Å². The molecule has 0 fully saturated rings. The molecular weight excluding hydrogens is 330 g/mol. The number of ether oxygens (including phenoxy) is 1. The van der Waals surface area contributed by atoms with Crippen LogP contribution in [0.1, 0.15) is 10.5 Å². The second-order valence-corrected chi connectivity index (χ2v) is 5.52. The van der Waals surface area contributed by atoms with Crippen molar-refractivity contribution in [2.75, 3.05) is 17.7 Å². The Balaban J connectivity index is 1.65. The summed E-state index contributed by atoms with van der Waals surface area (Å²) < 4.78 is 9.76. The number of nitrogens with zero attached hydrogens (tertiary/aromatic N) is 1. The number of furan rings is 1. The summed E-state index contributed by atoms with van der Waals surface area (Å²) in [5, 5.41) is 7.58. The van der Waals surface area contributed by atoms with Gasteiger partial charge in [0.2, 0.25) is 0 Å². The van der Waals surface area contributed by atoms with Crippen molar-refractivity contribution in [1.29, 1.82) is 0 Å². The number of anilines is 2. The fourth-order valence-corrected chi connectivity index (χ4v) is 2.66. The largest absolute Gasteiger partial charge is 0.462 e. The van der Waals surface area contributed by atoms with E-state index in [0.29, 0.717) is 27.8 Å². The normalized spacial score (nSPS) is 10.2. The van der Waals surface area contributed by atoms with Crippen LogP contribution in [0.15, 0.2) is 52.5 Å². The lowest BCUT2D eigenvalue weighted by Crippen LogP contribution is -2.13. The maximum Gasteiger partial charge on any atom is 0.411 e. The minimum absolute atomic E-state index is 0.308. The standard InChI is InChI=1S/C16H13N3O4S/c1-22-16(21)18-11-6-4-10(5-7-11)17-14(20)12-9-24-15(19-12)13-3-2-8-23-13/h2-9H,1H3,(H,17,20)(H,18,21). The van der Waals surface area contributed by atoms with E-state index in [4.69, 9.17) is 4.42 Å². The molecule has 2 heterocycles. The van der Waals surface area contributed by atoms with Gasteiger partial charge >= 0.3 is 6.09 Å². The van der Waals surface area contributed by atoms with Crippen molar-refractivity contribution in [3.05, 3.63) is 53.7 Å². The molecule has 3 aromatic rings. The first-order chi connectivity index (χ1) is 11.7. The summed E-state index contributed by atoms with van der Waals surface area (Å²) in [6.07, 6.45) is 1.00. The van der Waals surface area contributed by atoms with Gasteiger partial charge in [-0.05, 0) is 36.4 Å². The Morgan fingerprint density at radius 3 is 2.46 bits per heavy atom. The molecule has 3 rings (SSSR count). The molecule has 0 aliphatic carbocycles. The highest BCUT2D eigenvalue weighted by Crippen LogP contribution is 2.24. The number of hydrogen-bond donors (Lipinski definition) is 2. The number of aromatic nitrogens is 1. The van der Waals surface area contributed by atoms with Crippen molar-refractivity contribution in [3.63, 3.8) is 0 Å². The molecule has 2 amide bonds. The van der Waals surface area contributed by atoms with Gasteiger partial charge in [0.15, 0.2) is 10.8 Å². The van der Waals surface area contributed by atoms with Crippen LogP contribution in [-0.2, 0) is 4.74 Å². The molecule has 0 atom stereocenters. The third kappa shape index (κ3) is 3.61. The van der Waals surface area contributed by atoms with Gasteiger partial charge in [0.25, 0.3) is 5.91 Å². The number of carbonyl (C=O) groups excluding carboxylic acids is 2. The number of methoxy groups -OCH3 is 1. The molecule has 0 unspecified atom stereocenters. The van der Waals surface area contributed by atoms with E-state index in [1.54, 1.807) is 48.0 Å². The van der Waals surface area contributed by atoms with Crippen molar-refractivity contribution in [1.82, 2.24) is 4.98 Å². The summed E-state index contributed by atoms with van der Waals surface area (Å²) in [5.74, 6) is 0.301. The third-order valence-electron chi connectivity index (χ3n) is 3.04. The van der Waals surface area contributed by atoms with Gasteiger partial charge in [-0.3, -0.25) is 10.1 Å². The number of hydrogen-bond acceptors (Lipinski definition) is 6. The number of carbonyl (C=O) groups is 2. The van der Waals surface area contributed by atoms with Crippen molar-refractivity contribution >= 4 is 34.7 Å². The van der Waals surface area contributed by atoms with E-state index in [0.717, 1.165) is 0 Å². The van der Waals surface area contributed by atoms with Gasteiger partial charge in [0.1, 0.15) is 5.69 Å². The zero-order valence-corrected chi connectivity index (χ0v) is 13.4. The van der Waals surface area contributed by atoms with Crippen LogP contribution < -0.4 is 10.6 Å². The smallest absolute Gasteiger partial charge is 0.411 e. The fourth-order valence-electron chi connectivity index (χ4n) is 1.89. The quantitative estimate of drug-likeness (QED) is 0.751. The Hall–Kier alpha value is -3.13. The fraction of sp³-hybridized carbons (Fsp3) is 0.0625. The molecule has 0 aliphatic heterocycles. The lowest BCUT2D eigenvalue weighted by Gasteiger charge is -2.06. The molecule has 0 saturated carbocycles. The van der Waals surface area contributed by atoms with Crippen LogP contribution in [0.4, 0.5) is 16.2 Å². The lowest BCUT2D eigenvalue weighted by molar-refractivity contribution is 0.102. The average molecular weight is 343 g/mol. The molecule has 24 heavy (non-hydrogen) atoms. The molecule has 0 saturated heterocycles. The zero-order valence-electron chi connectivity index (χ0n) is 12.6. The summed E-state index contributed by atoms with van der Waals surface area (Å²) in [5.41, 5.74) is 1.46. The van der Waals surface area contributed by atoms with Crippen molar-refractivity contribution in [2.24, 2.45) is 0 Å². The lowest BCUT2D eigenvalue weighted by atomic mass is 10.2. The Bertz CT molecular complexity index is 841. The number of benzene rings is 1. The Kier molecular flexibility index (Phi) is 4.57. The van der Waals surface area contributed by atoms with Crippen LogP contribution in [-0.4, -0.2) is 24.1 Å². The van der Waals surface area contributed by atoms with E-state index < -0.39 is 6.09 Å². The Morgan fingerprint density at radius 2 is 1.83 bits per heavy atom. The van der Waals surface area contributed by atoms with Crippen LogP contribution in [0.5, 0.6) is 0 Å². The van der Waals surface area contributed by atoms with E-state index in [1.807, 2.05) is 0 Å². The summed E-state index contributed by atoms with van der Waals surface area (Å²) >= 11 is 1.33. The maximum absolute atomic E-state index is 12.2. The summed E-state index contributed by atoms with van der Waals surface area (Å²) in [6, 6.07) is 10.2. The van der Waals surface area contributed by atoms with Crippen molar-refractivity contribution < 1.29 is 18.7 Å². The van der Waals surface area contributed by atoms with Gasteiger partial charge in [0.05, 0.1) is 13.4 Å². The first-order valence-corrected chi connectivity index (χ1v) is 7.79. The summed E-state index contributed by atoms with van der Waals surface area (Å²) in [6.45, 7) is 0. The zero-order chi connectivity index (χ0) is 16.9. The summed E-state index contributed by atoms with van der Waals surface area (Å²) in [4.78, 5) is 27.6. The minimum atomic E-state index is -0.556. The number of nitrogens with one attached hydrogen (secondary N) is 2. The molecule has 0 bridgehead atoms. The second kappa shape index (κ2) is 6.97. The number of thiazole rings is 1. The van der Waals surface area contributed by atoms with Crippen molar-refractivity contribution in [3.8, 4) is 10.8 Å². The van der Waals surface area contributed by atoms with Crippen LogP contribution in [0.25, 0.3) is 10.8 Å². The molecule has 0 radical (unpaired) electrons. The average Bonchev–Trinajstić information content (AvgIpc) is 3.27. The Morgan fingerprint density at radius 1 is 1.12 bits per heavy atom. The first-order valence-electron chi connectivity index (χ1n) is 6.91. The maximum atomic E-state index is 12.2. The number of amides is 2. The van der Waals surface area contributed by atoms with E-state index in [1.165, 1.54) is 18.4 Å². The highest BCUT2D eigenvalue weighted by atomic mass is 32.1. The molecule has 8 heteroatoms. The second-order valence-electron chi connectivity index (χ2n) is 4.66. The highest BCUT2D eigenvalue weighted by molar-refractivity contribution is 7.13. The van der Waals surface area contributed by atoms with E-state index in [9.17, 15) is 9.59 Å². The molecule has 0 spiro atoms. The molecule has 1 aromatic carbocycles. The van der Waals surface area contributed by atoms with Crippen molar-refractivity contribution in [2.45, 2.75) is 0 Å². The van der Waals surface area contributed by atoms with Crippen LogP contribution in [0.3, 0.4) is 0 Å². The van der Waals surface area contributed by atoms with Gasteiger partial charge in [-0.15, -0.1) is 11.3 Å². The number of rotatable bonds is 4. The highest BCUT2D eigenvalue weighted by Gasteiger charge is 2.13. The van der Waals surface area contributed by atoms with E-state index >= 15 is 0 Å². The first kappa shape index (κ1) is 15.8. The van der Waals surface area contributed by atoms with Crippen LogP contribution in [0.2, 0.25) is 0 Å². The molecular formula is C16H13N3O4S. The SMILES string of the molecule is COC(=O)Nc1ccc(NC(=O)c2csc(-c3ccco3)n2)cc1. The third-order valence-corrected chi connectivity index (χ3v) is 3.90. The molecule has 122 valence electrons. The van der Waals surface area contributed by atoms with Gasteiger partial charge in [-0.1, -0.05) is 0 Å². The van der Waals surface area contributed by atoms with E-state index in [-0.39, 0.29) is 5.91 Å². The monoisotopic (exact) mass is 343 g/mol. The predicted molar refractivity (Wildman–Crippen MR) is 90.2 cm³/mol. The summed E-state index contributed by atoms with van der Waals surface area (Å²) in [7, 11) is 1.29. The van der Waals surface area contributed by atoms with Gasteiger partial charge < -0.3 is 14.5 Å². The van der Waals surface area contributed by atoms with Gasteiger partial charge in [-0.25, -0.2) is 9.78 Å². The van der Waals surface area contributed by atoms with Gasteiger partial charge in [-0.2, -0.15) is 0 Å². The minimum Gasteiger partial charge on any atom is -0.462 e. The molecule has 2 N–H and O–H groups in total. The topological polar surface area (TPSA) is 93.5 Å². The van der Waals surface area contributed by atoms with Crippen LogP contribution >= 0.6 is 11.3 Å². The Labute approximate surface area is 141 Å². The molecule has 0 aliphatic rings. The van der Waals surface area contributed by atoms with Gasteiger partial charge in [0, 0.05) is 16.8 Å².